The van der Waals surface area contributed by atoms with Gasteiger partial charge >= 0.3 is 0 Å². The smallest absolute Gasteiger partial charge is 0.230 e. The first-order valence-electron chi connectivity index (χ1n) is 9.49. The molecule has 4 rings (SSSR count). The van der Waals surface area contributed by atoms with Gasteiger partial charge in [-0.3, -0.25) is 9.36 Å². The van der Waals surface area contributed by atoms with Crippen molar-refractivity contribution in [3.63, 3.8) is 0 Å². The van der Waals surface area contributed by atoms with E-state index in [2.05, 4.69) is 15.5 Å². The number of aromatic nitrogens is 3. The molecule has 0 aliphatic carbocycles. The van der Waals surface area contributed by atoms with Gasteiger partial charge in [0.05, 0.1) is 35.6 Å². The Kier molecular flexibility index (Phi) is 5.70. The van der Waals surface area contributed by atoms with E-state index in [1.807, 2.05) is 47.0 Å². The van der Waals surface area contributed by atoms with Gasteiger partial charge in [0.25, 0.3) is 0 Å². The lowest BCUT2D eigenvalue weighted by atomic mass is 10.0. The number of amides is 1. The van der Waals surface area contributed by atoms with Crippen molar-refractivity contribution in [1.29, 1.82) is 0 Å². The highest BCUT2D eigenvalue weighted by Crippen LogP contribution is 2.26. The summed E-state index contributed by atoms with van der Waals surface area (Å²) < 4.78 is 30.9. The Hall–Kier alpha value is -2.59. The second-order valence-electron chi connectivity index (χ2n) is 7.58. The number of rotatable bonds is 7. The monoisotopic (exact) mass is 446 g/mol. The number of nitrogens with one attached hydrogen (secondary N) is 1. The molecule has 8 nitrogen and oxygen atoms in total. The molecule has 1 atom stereocenters. The lowest BCUT2D eigenvalue weighted by Gasteiger charge is -2.23. The molecule has 1 aliphatic rings. The van der Waals surface area contributed by atoms with Crippen LogP contribution in [0, 0.1) is 0 Å². The third-order valence-electron chi connectivity index (χ3n) is 4.92. The second kappa shape index (κ2) is 8.27. The van der Waals surface area contributed by atoms with Gasteiger partial charge in [0.2, 0.25) is 5.91 Å². The van der Waals surface area contributed by atoms with E-state index in [0.29, 0.717) is 23.9 Å². The van der Waals surface area contributed by atoms with E-state index < -0.39 is 15.4 Å². The van der Waals surface area contributed by atoms with Crippen LogP contribution < -0.4 is 5.32 Å². The second-order valence-corrected chi connectivity index (χ2v) is 10.7. The van der Waals surface area contributed by atoms with Gasteiger partial charge in [0.15, 0.2) is 20.8 Å². The molecular weight excluding hydrogens is 424 g/mol. The van der Waals surface area contributed by atoms with Crippen LogP contribution in [0.5, 0.6) is 0 Å². The zero-order valence-electron chi connectivity index (χ0n) is 16.4. The molecule has 2 aromatic heterocycles. The van der Waals surface area contributed by atoms with Crippen LogP contribution in [0.15, 0.2) is 58.3 Å². The van der Waals surface area contributed by atoms with Gasteiger partial charge in [-0.25, -0.2) is 8.42 Å². The Morgan fingerprint density at radius 1 is 1.23 bits per heavy atom. The molecule has 0 radical (unpaired) electrons. The van der Waals surface area contributed by atoms with Crippen LogP contribution in [0.3, 0.4) is 0 Å². The fraction of sp³-hybridized carbons (Fsp3) is 0.350. The Bertz CT molecular complexity index is 1130. The minimum absolute atomic E-state index is 0.0246. The third-order valence-corrected chi connectivity index (χ3v) is 7.79. The Balaban J connectivity index is 1.50. The summed E-state index contributed by atoms with van der Waals surface area (Å²) in [6.45, 7) is 2.21. The first kappa shape index (κ1) is 20.7. The molecule has 1 N–H and O–H groups in total. The highest BCUT2D eigenvalue weighted by Gasteiger charge is 2.39. The molecular formula is C20H22N4O4S2. The zero-order chi connectivity index (χ0) is 21.2. The van der Waals surface area contributed by atoms with Gasteiger partial charge in [-0.15, -0.1) is 10.2 Å². The SMILES string of the molecule is CC1(NC(=O)CSc2nnc(-c3ccccc3)n2Cc2ccco2)CCS(=O)(=O)C1. The minimum atomic E-state index is -3.09. The topological polar surface area (TPSA) is 107 Å². The normalized spacial score (nSPS) is 20.3. The molecule has 1 unspecified atom stereocenters. The molecule has 1 amide bonds. The first-order valence-corrected chi connectivity index (χ1v) is 12.3. The molecule has 0 bridgehead atoms. The fourth-order valence-corrected chi connectivity index (χ4v) is 6.34. The Morgan fingerprint density at radius 3 is 2.70 bits per heavy atom. The van der Waals surface area contributed by atoms with Gasteiger partial charge in [-0.05, 0) is 25.5 Å². The predicted molar refractivity (Wildman–Crippen MR) is 114 cm³/mol. The average molecular weight is 447 g/mol. The summed E-state index contributed by atoms with van der Waals surface area (Å²) in [7, 11) is -3.09. The van der Waals surface area contributed by atoms with E-state index in [0.717, 1.165) is 11.3 Å². The molecule has 1 aromatic carbocycles. The van der Waals surface area contributed by atoms with Crippen LogP contribution >= 0.6 is 11.8 Å². The van der Waals surface area contributed by atoms with Crippen molar-refractivity contribution in [1.82, 2.24) is 20.1 Å². The largest absolute Gasteiger partial charge is 0.467 e. The van der Waals surface area contributed by atoms with Crippen molar-refractivity contribution in [2.75, 3.05) is 17.3 Å². The molecule has 30 heavy (non-hydrogen) atoms. The fourth-order valence-electron chi connectivity index (χ4n) is 3.51. The van der Waals surface area contributed by atoms with Crippen molar-refractivity contribution in [2.45, 2.75) is 30.6 Å². The summed E-state index contributed by atoms with van der Waals surface area (Å²) >= 11 is 1.26. The quantitative estimate of drug-likeness (QED) is 0.555. The van der Waals surface area contributed by atoms with Crippen LogP contribution in [0.25, 0.3) is 11.4 Å². The summed E-state index contributed by atoms with van der Waals surface area (Å²) in [4.78, 5) is 12.5. The molecule has 0 spiro atoms. The summed E-state index contributed by atoms with van der Waals surface area (Å²) in [6, 6.07) is 13.4. The van der Waals surface area contributed by atoms with Crippen molar-refractivity contribution in [3.05, 3.63) is 54.5 Å². The molecule has 3 heterocycles. The van der Waals surface area contributed by atoms with Crippen molar-refractivity contribution in [3.8, 4) is 11.4 Å². The summed E-state index contributed by atoms with van der Waals surface area (Å²) in [5, 5.41) is 12.1. The van der Waals surface area contributed by atoms with E-state index in [1.54, 1.807) is 13.2 Å². The number of hydrogen-bond donors (Lipinski definition) is 1. The van der Waals surface area contributed by atoms with E-state index in [1.165, 1.54) is 11.8 Å². The van der Waals surface area contributed by atoms with Crippen LogP contribution in [0.1, 0.15) is 19.1 Å². The van der Waals surface area contributed by atoms with Gasteiger partial charge in [-0.1, -0.05) is 42.1 Å². The molecule has 1 saturated heterocycles. The number of thioether (sulfide) groups is 1. The highest BCUT2D eigenvalue weighted by atomic mass is 32.2. The number of furan rings is 1. The molecule has 3 aromatic rings. The van der Waals surface area contributed by atoms with E-state index in [9.17, 15) is 13.2 Å². The minimum Gasteiger partial charge on any atom is -0.467 e. The number of hydrogen-bond acceptors (Lipinski definition) is 7. The zero-order valence-corrected chi connectivity index (χ0v) is 18.1. The van der Waals surface area contributed by atoms with Crippen LogP contribution in [-0.2, 0) is 21.2 Å². The number of carbonyl (C=O) groups is 1. The average Bonchev–Trinajstić information content (AvgIpc) is 3.41. The predicted octanol–water partition coefficient (Wildman–Crippen LogP) is 2.37. The van der Waals surface area contributed by atoms with Gasteiger partial charge < -0.3 is 9.73 Å². The maximum atomic E-state index is 12.5. The molecule has 0 saturated carbocycles. The molecule has 1 fully saturated rings. The van der Waals surface area contributed by atoms with E-state index >= 15 is 0 Å². The molecule has 10 heteroatoms. The third kappa shape index (κ3) is 4.76. The maximum Gasteiger partial charge on any atom is 0.230 e. The molecule has 1 aliphatic heterocycles. The Labute approximate surface area is 179 Å². The van der Waals surface area contributed by atoms with Gasteiger partial charge in [-0.2, -0.15) is 0 Å². The van der Waals surface area contributed by atoms with Gasteiger partial charge in [0, 0.05) is 5.56 Å². The highest BCUT2D eigenvalue weighted by molar-refractivity contribution is 7.99. The van der Waals surface area contributed by atoms with E-state index in [4.69, 9.17) is 4.42 Å². The van der Waals surface area contributed by atoms with Crippen molar-refractivity contribution in [2.24, 2.45) is 0 Å². The Morgan fingerprint density at radius 2 is 2.03 bits per heavy atom. The van der Waals surface area contributed by atoms with Crippen molar-refractivity contribution >= 4 is 27.5 Å². The summed E-state index contributed by atoms with van der Waals surface area (Å²) in [5.74, 6) is 1.40. The number of nitrogens with zero attached hydrogens (tertiary/aromatic N) is 3. The van der Waals surface area contributed by atoms with Crippen LogP contribution in [0.4, 0.5) is 0 Å². The number of sulfone groups is 1. The lowest BCUT2D eigenvalue weighted by Crippen LogP contribution is -2.47. The lowest BCUT2D eigenvalue weighted by molar-refractivity contribution is -0.120. The van der Waals surface area contributed by atoms with Crippen LogP contribution in [-0.4, -0.2) is 51.9 Å². The van der Waals surface area contributed by atoms with Crippen LogP contribution in [0.2, 0.25) is 0 Å². The standard InChI is InChI=1S/C20H22N4O4S2/c1-20(9-11-30(26,27)14-20)21-17(25)13-29-19-23-22-18(15-6-3-2-4-7-15)24(19)12-16-8-5-10-28-16/h2-8,10H,9,11-14H2,1H3,(H,21,25). The van der Waals surface area contributed by atoms with Gasteiger partial charge in [0.1, 0.15) is 5.76 Å². The summed E-state index contributed by atoms with van der Waals surface area (Å²) in [5.41, 5.74) is 0.199. The summed E-state index contributed by atoms with van der Waals surface area (Å²) in [6.07, 6.45) is 2.04. The first-order chi connectivity index (χ1) is 14.3. The number of carbonyl (C=O) groups excluding carboxylic acids is 1. The molecule has 158 valence electrons. The number of benzene rings is 1. The van der Waals surface area contributed by atoms with E-state index in [-0.39, 0.29) is 23.2 Å². The van der Waals surface area contributed by atoms with Crippen molar-refractivity contribution < 1.29 is 17.6 Å². The maximum absolute atomic E-state index is 12.5.